The summed E-state index contributed by atoms with van der Waals surface area (Å²) in [5.74, 6) is 0.491. The van der Waals surface area contributed by atoms with Crippen LogP contribution in [0.2, 0.25) is 0 Å². The van der Waals surface area contributed by atoms with Crippen LogP contribution in [0.15, 0.2) is 59.5 Å². The Balaban J connectivity index is 1.80. The molecule has 0 atom stereocenters. The first kappa shape index (κ1) is 18.1. The van der Waals surface area contributed by atoms with Gasteiger partial charge in [0.2, 0.25) is 5.91 Å². The van der Waals surface area contributed by atoms with Crippen LogP contribution in [0.5, 0.6) is 0 Å². The van der Waals surface area contributed by atoms with Gasteiger partial charge < -0.3 is 10.6 Å². The van der Waals surface area contributed by atoms with Crippen LogP contribution >= 0.6 is 11.8 Å². The Bertz CT molecular complexity index is 657. The van der Waals surface area contributed by atoms with Gasteiger partial charge in [-0.3, -0.25) is 9.59 Å². The van der Waals surface area contributed by atoms with Gasteiger partial charge in [-0.1, -0.05) is 37.3 Å². The third kappa shape index (κ3) is 6.08. The second-order valence-electron chi connectivity index (χ2n) is 5.33. The fourth-order valence-electron chi connectivity index (χ4n) is 2.03. The van der Waals surface area contributed by atoms with Gasteiger partial charge in [-0.2, -0.15) is 0 Å². The Hall–Kier alpha value is -2.27. The molecule has 0 aliphatic rings. The molecule has 2 rings (SSSR count). The van der Waals surface area contributed by atoms with Crippen LogP contribution in [0.25, 0.3) is 0 Å². The summed E-state index contributed by atoms with van der Waals surface area (Å²) in [7, 11) is 0. The summed E-state index contributed by atoms with van der Waals surface area (Å²) in [6, 6.07) is 17.7. The zero-order valence-electron chi connectivity index (χ0n) is 13.7. The molecule has 0 saturated carbocycles. The molecule has 2 aromatic rings. The van der Waals surface area contributed by atoms with Crippen LogP contribution in [0, 0.1) is 0 Å². The number of benzene rings is 2. The summed E-state index contributed by atoms with van der Waals surface area (Å²) in [5, 5.41) is 5.35. The lowest BCUT2D eigenvalue weighted by atomic mass is 10.2. The van der Waals surface area contributed by atoms with Crippen molar-refractivity contribution in [1.82, 2.24) is 10.6 Å². The van der Waals surface area contributed by atoms with Crippen LogP contribution in [0.3, 0.4) is 0 Å². The van der Waals surface area contributed by atoms with Crippen molar-refractivity contribution in [3.63, 3.8) is 0 Å². The zero-order valence-corrected chi connectivity index (χ0v) is 14.6. The van der Waals surface area contributed by atoms with Gasteiger partial charge in [0.05, 0.1) is 6.54 Å². The minimum atomic E-state index is -0.235. The van der Waals surface area contributed by atoms with E-state index in [0.717, 1.165) is 17.1 Å². The molecular weight excluding hydrogens is 320 g/mol. The number of thioether (sulfide) groups is 1. The van der Waals surface area contributed by atoms with Crippen molar-refractivity contribution in [2.45, 2.75) is 24.0 Å². The highest BCUT2D eigenvalue weighted by Gasteiger charge is 2.07. The molecule has 5 heteroatoms. The van der Waals surface area contributed by atoms with E-state index in [1.165, 1.54) is 5.56 Å². The molecule has 0 unspecified atom stereocenters. The number of hydrogen-bond donors (Lipinski definition) is 2. The number of carbonyl (C=O) groups excluding carboxylic acids is 2. The van der Waals surface area contributed by atoms with Gasteiger partial charge in [0.15, 0.2) is 0 Å². The Morgan fingerprint density at radius 3 is 2.33 bits per heavy atom. The number of carbonyl (C=O) groups is 2. The molecule has 2 aromatic carbocycles. The molecule has 24 heavy (non-hydrogen) atoms. The first-order valence-corrected chi connectivity index (χ1v) is 8.99. The number of hydrogen-bond acceptors (Lipinski definition) is 3. The first-order chi connectivity index (χ1) is 11.7. The predicted octanol–water partition coefficient (Wildman–Crippen LogP) is 3.23. The van der Waals surface area contributed by atoms with E-state index in [2.05, 4.69) is 22.8 Å². The van der Waals surface area contributed by atoms with E-state index in [4.69, 9.17) is 0 Å². The lowest BCUT2D eigenvalue weighted by Crippen LogP contribution is -2.37. The van der Waals surface area contributed by atoms with Gasteiger partial charge in [-0.15, -0.1) is 11.8 Å². The summed E-state index contributed by atoms with van der Waals surface area (Å²) in [4.78, 5) is 24.6. The Morgan fingerprint density at radius 2 is 1.67 bits per heavy atom. The maximum atomic E-state index is 12.0. The lowest BCUT2D eigenvalue weighted by Gasteiger charge is -2.07. The average Bonchev–Trinajstić information content (AvgIpc) is 2.64. The van der Waals surface area contributed by atoms with Crippen molar-refractivity contribution < 1.29 is 9.59 Å². The predicted molar refractivity (Wildman–Crippen MR) is 98.1 cm³/mol. The van der Waals surface area contributed by atoms with Crippen molar-refractivity contribution >= 4 is 23.6 Å². The SMILES string of the molecule is CCCNC(=O)CNC(=O)c1ccc(SCc2ccccc2)cc1. The van der Waals surface area contributed by atoms with Gasteiger partial charge in [0.1, 0.15) is 0 Å². The van der Waals surface area contributed by atoms with E-state index in [9.17, 15) is 9.59 Å². The van der Waals surface area contributed by atoms with Crippen LogP contribution in [0.4, 0.5) is 0 Å². The summed E-state index contributed by atoms with van der Waals surface area (Å²) in [6.07, 6.45) is 0.877. The van der Waals surface area contributed by atoms with E-state index in [1.807, 2.05) is 37.3 Å². The number of nitrogens with one attached hydrogen (secondary N) is 2. The second-order valence-corrected chi connectivity index (χ2v) is 6.38. The minimum Gasteiger partial charge on any atom is -0.355 e. The van der Waals surface area contributed by atoms with Gasteiger partial charge in [0, 0.05) is 22.8 Å². The third-order valence-corrected chi connectivity index (χ3v) is 4.43. The topological polar surface area (TPSA) is 58.2 Å². The largest absolute Gasteiger partial charge is 0.355 e. The molecule has 0 fully saturated rings. The van der Waals surface area contributed by atoms with E-state index in [1.54, 1.807) is 23.9 Å². The van der Waals surface area contributed by atoms with Gasteiger partial charge in [-0.05, 0) is 36.2 Å². The molecule has 2 N–H and O–H groups in total. The van der Waals surface area contributed by atoms with Crippen molar-refractivity contribution in [2.75, 3.05) is 13.1 Å². The molecule has 0 bridgehead atoms. The standard InChI is InChI=1S/C19H22N2O2S/c1-2-12-20-18(22)13-21-19(23)16-8-10-17(11-9-16)24-14-15-6-4-3-5-7-15/h3-11H,2,12-14H2,1H3,(H,20,22)(H,21,23). The molecule has 0 radical (unpaired) electrons. The van der Waals surface area contributed by atoms with Crippen LogP contribution in [-0.2, 0) is 10.5 Å². The fourth-order valence-corrected chi connectivity index (χ4v) is 2.89. The molecular formula is C19H22N2O2S. The average molecular weight is 342 g/mol. The number of amides is 2. The second kappa shape index (κ2) is 9.78. The summed E-state index contributed by atoms with van der Waals surface area (Å²) >= 11 is 1.73. The lowest BCUT2D eigenvalue weighted by molar-refractivity contribution is -0.120. The van der Waals surface area contributed by atoms with Crippen LogP contribution in [-0.4, -0.2) is 24.9 Å². The van der Waals surface area contributed by atoms with Crippen LogP contribution in [0.1, 0.15) is 29.3 Å². The Labute approximate surface area is 147 Å². The Morgan fingerprint density at radius 1 is 0.958 bits per heavy atom. The van der Waals surface area contributed by atoms with Crippen molar-refractivity contribution in [3.05, 3.63) is 65.7 Å². The van der Waals surface area contributed by atoms with E-state index >= 15 is 0 Å². The van der Waals surface area contributed by atoms with Crippen LogP contribution < -0.4 is 10.6 Å². The molecule has 2 amide bonds. The highest BCUT2D eigenvalue weighted by Crippen LogP contribution is 2.22. The Kier molecular flexibility index (Phi) is 7.36. The van der Waals surface area contributed by atoms with Gasteiger partial charge >= 0.3 is 0 Å². The first-order valence-electron chi connectivity index (χ1n) is 8.00. The molecule has 0 aliphatic heterocycles. The maximum absolute atomic E-state index is 12.0. The summed E-state index contributed by atoms with van der Waals surface area (Å²) < 4.78 is 0. The third-order valence-electron chi connectivity index (χ3n) is 3.35. The zero-order chi connectivity index (χ0) is 17.2. The van der Waals surface area contributed by atoms with E-state index < -0.39 is 0 Å². The summed E-state index contributed by atoms with van der Waals surface area (Å²) in [5.41, 5.74) is 1.82. The molecule has 0 spiro atoms. The highest BCUT2D eigenvalue weighted by molar-refractivity contribution is 7.98. The van der Waals surface area contributed by atoms with Crippen molar-refractivity contribution in [3.8, 4) is 0 Å². The van der Waals surface area contributed by atoms with E-state index in [0.29, 0.717) is 12.1 Å². The minimum absolute atomic E-state index is 0.00332. The molecule has 0 saturated heterocycles. The van der Waals surface area contributed by atoms with Crippen molar-refractivity contribution in [1.29, 1.82) is 0 Å². The molecule has 4 nitrogen and oxygen atoms in total. The number of rotatable bonds is 8. The summed E-state index contributed by atoms with van der Waals surface area (Å²) in [6.45, 7) is 2.61. The van der Waals surface area contributed by atoms with Gasteiger partial charge in [0.25, 0.3) is 5.91 Å². The quantitative estimate of drug-likeness (QED) is 0.724. The molecule has 0 heterocycles. The molecule has 0 aromatic heterocycles. The normalized spacial score (nSPS) is 10.2. The molecule has 0 aliphatic carbocycles. The highest BCUT2D eigenvalue weighted by atomic mass is 32.2. The van der Waals surface area contributed by atoms with E-state index in [-0.39, 0.29) is 18.4 Å². The van der Waals surface area contributed by atoms with Crippen molar-refractivity contribution in [2.24, 2.45) is 0 Å². The molecule has 126 valence electrons. The monoisotopic (exact) mass is 342 g/mol. The van der Waals surface area contributed by atoms with Gasteiger partial charge in [-0.25, -0.2) is 0 Å². The smallest absolute Gasteiger partial charge is 0.251 e. The fraction of sp³-hybridized carbons (Fsp3) is 0.263. The maximum Gasteiger partial charge on any atom is 0.251 e.